The molecule has 0 aromatic carbocycles. The number of nitrogens with zero attached hydrogens (tertiary/aromatic N) is 3. The summed E-state index contributed by atoms with van der Waals surface area (Å²) in [6.07, 6.45) is 7.82. The van der Waals surface area contributed by atoms with E-state index in [-0.39, 0.29) is 0 Å². The van der Waals surface area contributed by atoms with Crippen molar-refractivity contribution in [3.8, 4) is 11.5 Å². The second kappa shape index (κ2) is 6.35. The number of pyridine rings is 1. The van der Waals surface area contributed by atoms with Crippen LogP contribution in [0.4, 0.5) is 0 Å². The maximum absolute atomic E-state index is 5.42. The Labute approximate surface area is 125 Å². The van der Waals surface area contributed by atoms with E-state index in [1.165, 1.54) is 25.7 Å². The predicted octanol–water partition coefficient (Wildman–Crippen LogP) is 2.76. The highest BCUT2D eigenvalue weighted by Gasteiger charge is 2.26. The van der Waals surface area contributed by atoms with E-state index in [0.29, 0.717) is 17.8 Å². The Bertz CT molecular complexity index is 589. The third kappa shape index (κ3) is 3.13. The molecule has 2 aromatic rings. The Balaban J connectivity index is 1.74. The minimum Gasteiger partial charge on any atom is -0.339 e. The van der Waals surface area contributed by atoms with Gasteiger partial charge >= 0.3 is 0 Å². The fourth-order valence-electron chi connectivity index (χ4n) is 3.21. The highest BCUT2D eigenvalue weighted by molar-refractivity contribution is 5.53. The lowest BCUT2D eigenvalue weighted by molar-refractivity contribution is 0.318. The summed E-state index contributed by atoms with van der Waals surface area (Å²) in [7, 11) is 2.02. The number of hydrogen-bond donors (Lipinski definition) is 1. The summed E-state index contributed by atoms with van der Waals surface area (Å²) in [6.45, 7) is 2.01. The van der Waals surface area contributed by atoms with E-state index < -0.39 is 0 Å². The zero-order valence-electron chi connectivity index (χ0n) is 12.7. The van der Waals surface area contributed by atoms with Crippen molar-refractivity contribution in [3.63, 3.8) is 0 Å². The molecule has 5 heteroatoms. The predicted molar refractivity (Wildman–Crippen MR) is 80.8 cm³/mol. The van der Waals surface area contributed by atoms with Crippen molar-refractivity contribution >= 4 is 0 Å². The molecular formula is C16H22N4O. The molecule has 0 aliphatic heterocycles. The number of aromatic nitrogens is 3. The van der Waals surface area contributed by atoms with Gasteiger partial charge in [-0.1, -0.05) is 24.1 Å². The van der Waals surface area contributed by atoms with Crippen LogP contribution in [0.1, 0.15) is 37.1 Å². The van der Waals surface area contributed by atoms with Gasteiger partial charge in [-0.15, -0.1) is 0 Å². The average molecular weight is 286 g/mol. The lowest BCUT2D eigenvalue weighted by Gasteiger charge is -2.20. The second-order valence-corrected chi connectivity index (χ2v) is 5.82. The number of rotatable bonds is 5. The van der Waals surface area contributed by atoms with Gasteiger partial charge in [0.05, 0.1) is 0 Å². The van der Waals surface area contributed by atoms with Gasteiger partial charge < -0.3 is 9.84 Å². The van der Waals surface area contributed by atoms with Crippen LogP contribution in [0.25, 0.3) is 11.5 Å². The molecule has 1 unspecified atom stereocenters. The molecule has 0 saturated heterocycles. The Hall–Kier alpha value is -1.75. The van der Waals surface area contributed by atoms with Crippen molar-refractivity contribution in [3.05, 3.63) is 29.8 Å². The van der Waals surface area contributed by atoms with Crippen LogP contribution >= 0.6 is 0 Å². The van der Waals surface area contributed by atoms with Gasteiger partial charge in [0.25, 0.3) is 0 Å². The third-order valence-corrected chi connectivity index (χ3v) is 4.42. The summed E-state index contributed by atoms with van der Waals surface area (Å²) in [4.78, 5) is 8.86. The van der Waals surface area contributed by atoms with Crippen LogP contribution in [0.5, 0.6) is 0 Å². The van der Waals surface area contributed by atoms with Crippen LogP contribution in [0.3, 0.4) is 0 Å². The molecule has 1 N–H and O–H groups in total. The quantitative estimate of drug-likeness (QED) is 0.915. The van der Waals surface area contributed by atoms with E-state index in [1.54, 1.807) is 6.20 Å². The van der Waals surface area contributed by atoms with Crippen molar-refractivity contribution in [2.45, 2.75) is 45.1 Å². The van der Waals surface area contributed by atoms with Crippen LogP contribution in [0, 0.1) is 12.8 Å². The van der Waals surface area contributed by atoms with E-state index in [4.69, 9.17) is 4.52 Å². The maximum atomic E-state index is 5.42. The number of hydrogen-bond acceptors (Lipinski definition) is 5. The van der Waals surface area contributed by atoms with Gasteiger partial charge in [-0.3, -0.25) is 4.98 Å². The van der Waals surface area contributed by atoms with Crippen LogP contribution in [-0.2, 0) is 6.42 Å². The monoisotopic (exact) mass is 286 g/mol. The molecule has 1 saturated carbocycles. The van der Waals surface area contributed by atoms with E-state index in [9.17, 15) is 0 Å². The molecule has 1 aliphatic rings. The fourth-order valence-corrected chi connectivity index (χ4v) is 3.21. The molecule has 0 spiro atoms. The Morgan fingerprint density at radius 1 is 1.38 bits per heavy atom. The summed E-state index contributed by atoms with van der Waals surface area (Å²) < 4.78 is 5.42. The van der Waals surface area contributed by atoms with E-state index >= 15 is 0 Å². The van der Waals surface area contributed by atoms with Gasteiger partial charge in [0.15, 0.2) is 0 Å². The summed E-state index contributed by atoms with van der Waals surface area (Å²) in [6, 6.07) is 4.34. The van der Waals surface area contributed by atoms with E-state index in [2.05, 4.69) is 20.4 Å². The van der Waals surface area contributed by atoms with Crippen LogP contribution in [0.15, 0.2) is 22.9 Å². The molecule has 0 radical (unpaired) electrons. The molecule has 0 amide bonds. The van der Waals surface area contributed by atoms with Gasteiger partial charge in [-0.25, -0.2) is 0 Å². The topological polar surface area (TPSA) is 63.8 Å². The highest BCUT2D eigenvalue weighted by Crippen LogP contribution is 2.29. The number of likely N-dealkylation sites (N-methyl/N-ethyl adjacent to an activating group) is 1. The zero-order valence-corrected chi connectivity index (χ0v) is 12.7. The average Bonchev–Trinajstić information content (AvgIpc) is 3.17. The normalized spacial score (nSPS) is 17.2. The second-order valence-electron chi connectivity index (χ2n) is 5.82. The molecule has 5 nitrogen and oxygen atoms in total. The summed E-state index contributed by atoms with van der Waals surface area (Å²) >= 11 is 0. The van der Waals surface area contributed by atoms with Gasteiger partial charge in [0.1, 0.15) is 5.69 Å². The molecule has 2 aromatic heterocycles. The third-order valence-electron chi connectivity index (χ3n) is 4.42. The zero-order chi connectivity index (χ0) is 14.7. The highest BCUT2D eigenvalue weighted by atomic mass is 16.5. The summed E-state index contributed by atoms with van der Waals surface area (Å²) in [5.41, 5.74) is 1.86. The Morgan fingerprint density at radius 3 is 2.90 bits per heavy atom. The smallest absolute Gasteiger partial charge is 0.228 e. The van der Waals surface area contributed by atoms with Crippen molar-refractivity contribution in [1.82, 2.24) is 20.4 Å². The molecule has 0 bridgehead atoms. The SMILES string of the molecule is CNC(Cc1nc(-c2ncccc2C)no1)C1CCCC1. The number of aryl methyl sites for hydroxylation is 1. The molecule has 1 aliphatic carbocycles. The largest absolute Gasteiger partial charge is 0.339 e. The van der Waals surface area contributed by atoms with Crippen LogP contribution in [0.2, 0.25) is 0 Å². The van der Waals surface area contributed by atoms with Gasteiger partial charge in [0, 0.05) is 18.7 Å². The van der Waals surface area contributed by atoms with Crippen LogP contribution < -0.4 is 5.32 Å². The molecule has 1 atom stereocenters. The summed E-state index contributed by atoms with van der Waals surface area (Å²) in [5.74, 6) is 2.01. The maximum Gasteiger partial charge on any atom is 0.228 e. The van der Waals surface area contributed by atoms with Crippen molar-refractivity contribution in [2.75, 3.05) is 7.05 Å². The molecule has 1 fully saturated rings. The van der Waals surface area contributed by atoms with E-state index in [0.717, 1.165) is 23.6 Å². The fraction of sp³-hybridized carbons (Fsp3) is 0.562. The molecule has 3 rings (SSSR count). The first-order valence-corrected chi connectivity index (χ1v) is 7.69. The summed E-state index contributed by atoms with van der Waals surface area (Å²) in [5, 5.41) is 7.49. The molecule has 112 valence electrons. The first kappa shape index (κ1) is 14.2. The van der Waals surface area contributed by atoms with Gasteiger partial charge in [-0.2, -0.15) is 4.98 Å². The van der Waals surface area contributed by atoms with E-state index in [1.807, 2.05) is 26.1 Å². The molecular weight excluding hydrogens is 264 g/mol. The lowest BCUT2D eigenvalue weighted by Crippen LogP contribution is -2.34. The first-order chi connectivity index (χ1) is 10.3. The standard InChI is InChI=1S/C16H22N4O/c1-11-6-5-9-18-15(11)16-19-14(21-20-16)10-13(17-2)12-7-3-4-8-12/h5-6,9,12-13,17H,3-4,7-8,10H2,1-2H3. The van der Waals surface area contributed by atoms with Gasteiger partial charge in [0.2, 0.25) is 11.7 Å². The van der Waals surface area contributed by atoms with Gasteiger partial charge in [-0.05, 0) is 44.4 Å². The van der Waals surface area contributed by atoms with Crippen molar-refractivity contribution < 1.29 is 4.52 Å². The van der Waals surface area contributed by atoms with Crippen molar-refractivity contribution in [2.24, 2.45) is 5.92 Å². The number of nitrogens with one attached hydrogen (secondary N) is 1. The Kier molecular flexibility index (Phi) is 4.29. The minimum absolute atomic E-state index is 0.422. The lowest BCUT2D eigenvalue weighted by atomic mass is 9.95. The van der Waals surface area contributed by atoms with Crippen LogP contribution in [-0.4, -0.2) is 28.2 Å². The molecule has 21 heavy (non-hydrogen) atoms. The first-order valence-electron chi connectivity index (χ1n) is 7.69. The Morgan fingerprint density at radius 2 is 2.19 bits per heavy atom. The minimum atomic E-state index is 0.422. The molecule has 2 heterocycles. The van der Waals surface area contributed by atoms with Crippen molar-refractivity contribution in [1.29, 1.82) is 0 Å².